The van der Waals surface area contributed by atoms with E-state index in [0.29, 0.717) is 0 Å². The van der Waals surface area contributed by atoms with Gasteiger partial charge < -0.3 is 0 Å². The second-order valence-corrected chi connectivity index (χ2v) is 1.94. The van der Waals surface area contributed by atoms with Gasteiger partial charge in [-0.25, -0.2) is 4.39 Å². The van der Waals surface area contributed by atoms with Crippen molar-refractivity contribution < 1.29 is 4.39 Å². The summed E-state index contributed by atoms with van der Waals surface area (Å²) < 4.78 is 12.0. The second-order valence-electron chi connectivity index (χ2n) is 1.94. The number of halogens is 1. The van der Waals surface area contributed by atoms with E-state index in [-0.39, 0.29) is 0 Å². The molecular formula is C7H8FN. The first-order valence-electron chi connectivity index (χ1n) is 2.80. The molecule has 0 aromatic carbocycles. The highest BCUT2D eigenvalue weighted by Gasteiger charge is 1.92. The number of hydrogen-bond donors (Lipinski definition) is 0. The Morgan fingerprint density at radius 2 is 2.44 bits per heavy atom. The van der Waals surface area contributed by atoms with Gasteiger partial charge in [0.15, 0.2) is 0 Å². The number of rotatable bonds is 1. The summed E-state index contributed by atoms with van der Waals surface area (Å²) in [5.74, 6) is 0. The van der Waals surface area contributed by atoms with Crippen LogP contribution >= 0.6 is 0 Å². The van der Waals surface area contributed by atoms with Crippen LogP contribution in [0.2, 0.25) is 0 Å². The molecule has 1 heterocycles. The first-order valence-corrected chi connectivity index (χ1v) is 2.80. The summed E-state index contributed by atoms with van der Waals surface area (Å²) >= 11 is 0. The number of hydrogen-bond acceptors (Lipinski definition) is 1. The largest absolute Gasteiger partial charge is 0.264 e. The molecule has 48 valence electrons. The molecule has 0 unspecified atom stereocenters. The van der Waals surface area contributed by atoms with E-state index < -0.39 is 6.67 Å². The van der Waals surface area contributed by atoms with Crippen LogP contribution in [-0.4, -0.2) is 4.98 Å². The van der Waals surface area contributed by atoms with Gasteiger partial charge in [0.05, 0.1) is 0 Å². The Labute approximate surface area is 53.5 Å². The number of pyridine rings is 1. The lowest BCUT2D eigenvalue weighted by Gasteiger charge is -1.95. The molecular weight excluding hydrogens is 117 g/mol. The van der Waals surface area contributed by atoms with Gasteiger partial charge in [0.1, 0.15) is 6.67 Å². The van der Waals surface area contributed by atoms with Crippen LogP contribution in [-0.2, 0) is 6.67 Å². The van der Waals surface area contributed by atoms with Crippen molar-refractivity contribution in [1.29, 1.82) is 0 Å². The van der Waals surface area contributed by atoms with Crippen LogP contribution < -0.4 is 0 Å². The van der Waals surface area contributed by atoms with E-state index in [2.05, 4.69) is 4.98 Å². The van der Waals surface area contributed by atoms with Crippen LogP contribution in [0.3, 0.4) is 0 Å². The Hall–Kier alpha value is -0.920. The van der Waals surface area contributed by atoms with Crippen LogP contribution in [0.5, 0.6) is 0 Å². The fraction of sp³-hybridized carbons (Fsp3) is 0.286. The summed E-state index contributed by atoms with van der Waals surface area (Å²) in [5.41, 5.74) is 1.64. The van der Waals surface area contributed by atoms with E-state index in [1.54, 1.807) is 18.5 Å². The lowest BCUT2D eigenvalue weighted by atomic mass is 10.2. The summed E-state index contributed by atoms with van der Waals surface area (Å²) in [7, 11) is 0. The quantitative estimate of drug-likeness (QED) is 0.558. The molecule has 0 saturated carbocycles. The minimum atomic E-state index is -0.394. The molecule has 2 heteroatoms. The van der Waals surface area contributed by atoms with E-state index in [0.717, 1.165) is 11.1 Å². The van der Waals surface area contributed by atoms with Gasteiger partial charge in [0, 0.05) is 12.4 Å². The Balaban J connectivity index is 3.01. The van der Waals surface area contributed by atoms with Crippen molar-refractivity contribution in [1.82, 2.24) is 4.98 Å². The number of aryl methyl sites for hydroxylation is 1. The van der Waals surface area contributed by atoms with Gasteiger partial charge in [-0.15, -0.1) is 0 Å². The maximum Gasteiger partial charge on any atom is 0.115 e. The maximum atomic E-state index is 12.0. The Morgan fingerprint density at radius 3 is 2.89 bits per heavy atom. The fourth-order valence-electron chi connectivity index (χ4n) is 0.652. The highest BCUT2D eigenvalue weighted by molar-refractivity contribution is 5.20. The van der Waals surface area contributed by atoms with E-state index in [4.69, 9.17) is 0 Å². The molecule has 1 aromatic heterocycles. The highest BCUT2D eigenvalue weighted by atomic mass is 19.1. The topological polar surface area (TPSA) is 12.9 Å². The van der Waals surface area contributed by atoms with Crippen molar-refractivity contribution in [3.05, 3.63) is 29.6 Å². The smallest absolute Gasteiger partial charge is 0.115 e. The SMILES string of the molecule is Cc1cnccc1CF. The summed E-state index contributed by atoms with van der Waals surface area (Å²) in [6.07, 6.45) is 3.26. The number of aromatic nitrogens is 1. The third-order valence-electron chi connectivity index (χ3n) is 1.28. The summed E-state index contributed by atoms with van der Waals surface area (Å²) in [5, 5.41) is 0. The van der Waals surface area contributed by atoms with Gasteiger partial charge in [-0.05, 0) is 24.1 Å². The third kappa shape index (κ3) is 1.25. The number of alkyl halides is 1. The fourth-order valence-corrected chi connectivity index (χ4v) is 0.652. The Kier molecular flexibility index (Phi) is 1.78. The van der Waals surface area contributed by atoms with Crippen LogP contribution in [0.4, 0.5) is 4.39 Å². The minimum absolute atomic E-state index is 0.394. The molecule has 0 N–H and O–H groups in total. The van der Waals surface area contributed by atoms with Crippen LogP contribution in [0.15, 0.2) is 18.5 Å². The molecule has 0 aliphatic rings. The average molecular weight is 125 g/mol. The lowest BCUT2D eigenvalue weighted by Crippen LogP contribution is -1.84. The normalized spacial score (nSPS) is 9.56. The molecule has 1 aromatic rings. The van der Waals surface area contributed by atoms with Crippen LogP contribution in [0.25, 0.3) is 0 Å². The standard InChI is InChI=1S/C7H8FN/c1-6-5-9-3-2-7(6)4-8/h2-3,5H,4H2,1H3. The molecule has 0 radical (unpaired) electrons. The van der Waals surface area contributed by atoms with Crippen molar-refractivity contribution in [2.75, 3.05) is 0 Å². The van der Waals surface area contributed by atoms with E-state index >= 15 is 0 Å². The molecule has 0 aliphatic carbocycles. The summed E-state index contributed by atoms with van der Waals surface area (Å²) in [4.78, 5) is 3.83. The van der Waals surface area contributed by atoms with Crippen molar-refractivity contribution in [2.24, 2.45) is 0 Å². The Morgan fingerprint density at radius 1 is 1.67 bits per heavy atom. The molecule has 1 nitrogen and oxygen atoms in total. The molecule has 0 amide bonds. The predicted octanol–water partition coefficient (Wildman–Crippen LogP) is 1.86. The zero-order chi connectivity index (χ0) is 6.69. The van der Waals surface area contributed by atoms with Gasteiger partial charge >= 0.3 is 0 Å². The molecule has 0 atom stereocenters. The molecule has 0 saturated heterocycles. The van der Waals surface area contributed by atoms with Gasteiger partial charge in [0.25, 0.3) is 0 Å². The zero-order valence-corrected chi connectivity index (χ0v) is 5.26. The molecule has 0 aliphatic heterocycles. The molecule has 9 heavy (non-hydrogen) atoms. The first kappa shape index (κ1) is 6.20. The van der Waals surface area contributed by atoms with E-state index in [9.17, 15) is 4.39 Å². The molecule has 0 spiro atoms. The van der Waals surface area contributed by atoms with Gasteiger partial charge in [-0.2, -0.15) is 0 Å². The highest BCUT2D eigenvalue weighted by Crippen LogP contribution is 2.05. The zero-order valence-electron chi connectivity index (χ0n) is 5.26. The summed E-state index contributed by atoms with van der Waals surface area (Å²) in [6, 6.07) is 1.69. The predicted molar refractivity (Wildman–Crippen MR) is 33.8 cm³/mol. The first-order chi connectivity index (χ1) is 4.34. The maximum absolute atomic E-state index is 12.0. The lowest BCUT2D eigenvalue weighted by molar-refractivity contribution is 0.483. The van der Waals surface area contributed by atoms with Crippen molar-refractivity contribution in [3.8, 4) is 0 Å². The van der Waals surface area contributed by atoms with Crippen LogP contribution in [0.1, 0.15) is 11.1 Å². The Bertz CT molecular complexity index is 198. The van der Waals surface area contributed by atoms with Crippen LogP contribution in [0, 0.1) is 6.92 Å². The number of nitrogens with zero attached hydrogens (tertiary/aromatic N) is 1. The van der Waals surface area contributed by atoms with Gasteiger partial charge in [-0.1, -0.05) is 0 Å². The van der Waals surface area contributed by atoms with Gasteiger partial charge in [0.2, 0.25) is 0 Å². The average Bonchev–Trinajstić information content (AvgIpc) is 1.89. The van der Waals surface area contributed by atoms with E-state index in [1.165, 1.54) is 0 Å². The van der Waals surface area contributed by atoms with Crippen molar-refractivity contribution in [2.45, 2.75) is 13.6 Å². The monoisotopic (exact) mass is 125 g/mol. The minimum Gasteiger partial charge on any atom is -0.264 e. The third-order valence-corrected chi connectivity index (χ3v) is 1.28. The van der Waals surface area contributed by atoms with Crippen molar-refractivity contribution >= 4 is 0 Å². The summed E-state index contributed by atoms with van der Waals surface area (Å²) in [6.45, 7) is 1.45. The molecule has 0 fully saturated rings. The second kappa shape index (κ2) is 2.58. The van der Waals surface area contributed by atoms with Gasteiger partial charge in [-0.3, -0.25) is 4.98 Å². The molecule has 0 bridgehead atoms. The molecule has 1 rings (SSSR count). The van der Waals surface area contributed by atoms with Crippen molar-refractivity contribution in [3.63, 3.8) is 0 Å². The van der Waals surface area contributed by atoms with E-state index in [1.807, 2.05) is 6.92 Å².